The minimum absolute atomic E-state index is 0.0774. The van der Waals surface area contributed by atoms with Crippen LogP contribution in [0.2, 0.25) is 0 Å². The van der Waals surface area contributed by atoms with E-state index in [-0.39, 0.29) is 45.1 Å². The highest BCUT2D eigenvalue weighted by Crippen LogP contribution is 2.46. The van der Waals surface area contributed by atoms with Gasteiger partial charge in [-0.15, -0.1) is 0 Å². The van der Waals surface area contributed by atoms with Crippen molar-refractivity contribution < 1.29 is 79.0 Å². The molecule has 0 fully saturated rings. The van der Waals surface area contributed by atoms with Gasteiger partial charge in [-0.25, -0.2) is 79.0 Å². The van der Waals surface area contributed by atoms with Gasteiger partial charge in [-0.05, 0) is 342 Å². The molecule has 732 valence electrons. The van der Waals surface area contributed by atoms with Gasteiger partial charge in [0.1, 0.15) is 69.5 Å². The number of hydrogen-bond donors (Lipinski definition) is 0. The van der Waals surface area contributed by atoms with Crippen molar-refractivity contribution in [2.45, 2.75) is 83.1 Å². The molecule has 0 spiro atoms. The van der Waals surface area contributed by atoms with E-state index < -0.39 is 110 Å². The summed E-state index contributed by atoms with van der Waals surface area (Å²) in [5.41, 5.74) is 16.0. The molecule has 0 aromatic heterocycles. The molecule has 0 heterocycles. The summed E-state index contributed by atoms with van der Waals surface area (Å²) in [6, 6.07) is 95.1. The average Bonchev–Trinajstić information content (AvgIpc) is 0.801. The first-order valence-corrected chi connectivity index (χ1v) is 45.2. The summed E-state index contributed by atoms with van der Waals surface area (Å²) in [5, 5.41) is 0. The van der Waals surface area contributed by atoms with Crippen molar-refractivity contribution in [1.29, 1.82) is 0 Å². The summed E-state index contributed by atoms with van der Waals surface area (Å²) in [6.07, 6.45) is 0. The largest absolute Gasteiger partial charge is 0.308 e. The molecule has 0 saturated carbocycles. The summed E-state index contributed by atoms with van der Waals surface area (Å²) in [6.45, 7) is 21.6. The van der Waals surface area contributed by atoms with Crippen molar-refractivity contribution in [3.63, 3.8) is 0 Å². The van der Waals surface area contributed by atoms with Gasteiger partial charge >= 0.3 is 0 Å². The van der Waals surface area contributed by atoms with Crippen LogP contribution in [0.15, 0.2) is 364 Å². The predicted octanol–water partition coefficient (Wildman–Crippen LogP) is 37.1. The Morgan fingerprint density at radius 2 is 0.368 bits per heavy atom. The highest BCUT2D eigenvalue weighted by Gasteiger charge is 2.29. The number of aryl methyl sites for hydroxylation is 12. The molecular weight excluding hydrogens is 1870 g/mol. The van der Waals surface area contributed by atoms with E-state index >= 15 is 0 Å². The summed E-state index contributed by atoms with van der Waals surface area (Å²) in [4.78, 5) is 9.03. The lowest BCUT2D eigenvalue weighted by molar-refractivity contribution is 0.496. The molecule has 0 aliphatic heterocycles. The third-order valence-corrected chi connectivity index (χ3v) is 23.0. The van der Waals surface area contributed by atoms with Crippen LogP contribution in [0.3, 0.4) is 0 Å². The van der Waals surface area contributed by atoms with Crippen molar-refractivity contribution in [2.75, 3.05) is 29.4 Å². The molecule has 0 bridgehead atoms. The fraction of sp³-hybridized carbons (Fsp3) is 0.100. The second kappa shape index (κ2) is 47.2. The van der Waals surface area contributed by atoms with Crippen molar-refractivity contribution in [3.05, 3.63) is 535 Å². The summed E-state index contributed by atoms with van der Waals surface area (Å²) in [5.74, 6) is -13.8. The molecule has 0 aliphatic carbocycles. The zero-order chi connectivity index (χ0) is 104. The van der Waals surface area contributed by atoms with Crippen LogP contribution >= 0.6 is 0 Å². The molecule has 18 aromatic carbocycles. The van der Waals surface area contributed by atoms with E-state index in [1.807, 2.05) is 189 Å². The number of nitrogens with zero attached hydrogens (tertiary/aromatic N) is 6. The molecule has 0 saturated heterocycles. The zero-order valence-corrected chi connectivity index (χ0v) is 80.1. The maximum absolute atomic E-state index is 14.6. The first-order valence-electron chi connectivity index (χ1n) is 45.2. The highest BCUT2D eigenvalue weighted by atomic mass is 19.2. The summed E-state index contributed by atoms with van der Waals surface area (Å²) in [7, 11) is 0. The normalized spacial score (nSPS) is 10.7. The Balaban J connectivity index is 0.000000145. The number of rotatable bonds is 18. The quantitative estimate of drug-likeness (QED) is 0.0625. The van der Waals surface area contributed by atoms with Crippen LogP contribution in [0.1, 0.15) is 66.8 Å². The van der Waals surface area contributed by atoms with Crippen LogP contribution in [0.4, 0.5) is 181 Å². The Kier molecular flexibility index (Phi) is 34.4. The number of halogens is 18. The molecule has 0 aliphatic rings. The smallest absolute Gasteiger partial charge is 0.185 e. The lowest BCUT2D eigenvalue weighted by Gasteiger charge is -2.26. The van der Waals surface area contributed by atoms with E-state index in [1.165, 1.54) is 169 Å². The van der Waals surface area contributed by atoms with Gasteiger partial charge in [0.2, 0.25) is 0 Å². The third kappa shape index (κ3) is 25.8. The lowest BCUT2D eigenvalue weighted by atomic mass is 10.1. The van der Waals surface area contributed by atoms with Gasteiger partial charge < -0.3 is 29.4 Å². The molecular formula is C120H96F18N6. The number of anilines is 18. The Hall–Kier alpha value is -16.5. The average molecular weight is 1960 g/mol. The van der Waals surface area contributed by atoms with Gasteiger partial charge in [-0.2, -0.15) is 0 Å². The summed E-state index contributed by atoms with van der Waals surface area (Å²) >= 11 is 0. The van der Waals surface area contributed by atoms with Crippen molar-refractivity contribution in [3.8, 4) is 0 Å². The second-order valence-electron chi connectivity index (χ2n) is 34.2. The van der Waals surface area contributed by atoms with Gasteiger partial charge in [0.05, 0.1) is 22.7 Å². The second-order valence-corrected chi connectivity index (χ2v) is 34.2. The summed E-state index contributed by atoms with van der Waals surface area (Å²) < 4.78 is 252. The monoisotopic (exact) mass is 1960 g/mol. The Labute approximate surface area is 824 Å². The number of benzene rings is 18. The van der Waals surface area contributed by atoms with Crippen LogP contribution in [-0.4, -0.2) is 0 Å². The van der Waals surface area contributed by atoms with E-state index in [1.54, 1.807) is 82.3 Å². The molecule has 0 amide bonds. The lowest BCUT2D eigenvalue weighted by Crippen LogP contribution is -2.14. The predicted molar refractivity (Wildman–Crippen MR) is 543 cm³/mol. The van der Waals surface area contributed by atoms with E-state index in [0.29, 0.717) is 79.9 Å². The minimum Gasteiger partial charge on any atom is -0.308 e. The van der Waals surface area contributed by atoms with Crippen LogP contribution in [0.5, 0.6) is 0 Å². The fourth-order valence-electron chi connectivity index (χ4n) is 15.2. The van der Waals surface area contributed by atoms with Crippen LogP contribution in [0, 0.1) is 188 Å². The fourth-order valence-corrected chi connectivity index (χ4v) is 15.2. The van der Waals surface area contributed by atoms with E-state index in [0.717, 1.165) is 74.8 Å². The molecule has 24 heteroatoms. The third-order valence-electron chi connectivity index (χ3n) is 23.0. The van der Waals surface area contributed by atoms with Gasteiger partial charge in [0, 0.05) is 86.4 Å². The molecule has 6 nitrogen and oxygen atoms in total. The van der Waals surface area contributed by atoms with Crippen molar-refractivity contribution in [2.24, 2.45) is 0 Å². The van der Waals surface area contributed by atoms with E-state index in [2.05, 4.69) is 0 Å². The van der Waals surface area contributed by atoms with Crippen LogP contribution in [-0.2, 0) is 0 Å². The van der Waals surface area contributed by atoms with Gasteiger partial charge in [0.15, 0.2) is 46.5 Å². The number of hydrogen-bond acceptors (Lipinski definition) is 6. The Morgan fingerprint density at radius 1 is 0.125 bits per heavy atom. The van der Waals surface area contributed by atoms with Crippen LogP contribution in [0.25, 0.3) is 0 Å². The van der Waals surface area contributed by atoms with E-state index in [9.17, 15) is 79.0 Å². The van der Waals surface area contributed by atoms with Crippen molar-refractivity contribution in [1.82, 2.24) is 0 Å². The SMILES string of the molecule is Cc1ccc(N(c2ccc(C)cc2)c2c(F)ccc(F)c2F)cc1.Cc1ccc(N(c2ccc(C)cc2)c2cc(F)cc(F)c2F)cc1.Cc1ccc(N(c2ccc(F)cc2)c2c(F)cc(C)cc2F)cc1.Cc1ccc(N(c2ccc(F)cc2)c2cc(F)c(C)cc2F)cc1.Cc1ccc(N(c2ccc(F)cc2)c2ccc(C)c(F)c2F)cc1.Cc1ccc(N(c2ccc(F)cc2)c2ccc(C)c(F)c2F)cc1. The van der Waals surface area contributed by atoms with Gasteiger partial charge in [0.25, 0.3) is 0 Å². The molecule has 0 radical (unpaired) electrons. The minimum atomic E-state index is -1.21. The molecule has 0 unspecified atom stereocenters. The maximum atomic E-state index is 14.6. The Bertz CT molecular complexity index is 6860. The highest BCUT2D eigenvalue weighted by molar-refractivity contribution is 5.84. The Morgan fingerprint density at radius 3 is 0.653 bits per heavy atom. The molecule has 18 aromatic rings. The standard InChI is InChI=1S/6C20H16F3N/c2*1-13-3-8-16(9-4-13)24(17-10-6-15(21)7-11-17)18-12-5-14(2)19(22)20(18)23;1-13-3-7-16(8-4-13)24(17-9-5-15(21)6-10-17)20-12-18(22)14(2)11-19(20)23;1-13-3-7-16(8-4-13)24(17-9-5-15(21)6-10-17)20-18(22)11-14(2)12-19(20)23;1-13-3-7-16(8-4-13)24(17-9-5-14(2)6-10-17)19-12-15(21)11-18(22)20(19)23;1-13-3-7-15(8-4-13)24(16-9-5-14(2)6-10-16)20-18(22)12-11-17(21)19(20)23/h6*3-12H,1-2H3. The van der Waals surface area contributed by atoms with Crippen molar-refractivity contribution >= 4 is 102 Å². The molecule has 144 heavy (non-hydrogen) atoms. The molecule has 0 N–H and O–H groups in total. The van der Waals surface area contributed by atoms with Gasteiger partial charge in [-0.3, -0.25) is 0 Å². The molecule has 0 atom stereocenters. The molecule has 18 rings (SSSR count). The maximum Gasteiger partial charge on any atom is 0.185 e. The van der Waals surface area contributed by atoms with E-state index in [4.69, 9.17) is 0 Å². The van der Waals surface area contributed by atoms with Crippen LogP contribution < -0.4 is 29.4 Å². The first-order chi connectivity index (χ1) is 68.8. The topological polar surface area (TPSA) is 19.4 Å². The first kappa shape index (κ1) is 105. The van der Waals surface area contributed by atoms with Gasteiger partial charge in [-0.1, -0.05) is 154 Å². The zero-order valence-electron chi connectivity index (χ0n) is 80.1.